The molecule has 1 aliphatic carbocycles. The number of benzene rings is 1. The van der Waals surface area contributed by atoms with E-state index >= 15 is 0 Å². The molecule has 2 nitrogen and oxygen atoms in total. The Morgan fingerprint density at radius 3 is 2.83 bits per heavy atom. The molecule has 1 unspecified atom stereocenters. The Morgan fingerprint density at radius 1 is 1.22 bits per heavy atom. The van der Waals surface area contributed by atoms with Gasteiger partial charge in [0.05, 0.1) is 0 Å². The molecule has 1 N–H and O–H groups in total. The molecule has 2 aliphatic rings. The molecular formula is C16H24N2. The fourth-order valence-electron chi connectivity index (χ4n) is 3.24. The van der Waals surface area contributed by atoms with Crippen LogP contribution in [0.3, 0.4) is 0 Å². The van der Waals surface area contributed by atoms with Crippen molar-refractivity contribution in [1.82, 2.24) is 10.2 Å². The highest BCUT2D eigenvalue weighted by Gasteiger charge is 2.34. The van der Waals surface area contributed by atoms with Crippen LogP contribution in [0.4, 0.5) is 0 Å². The lowest BCUT2D eigenvalue weighted by atomic mass is 9.97. The monoisotopic (exact) mass is 244 g/mol. The van der Waals surface area contributed by atoms with Crippen molar-refractivity contribution in [3.8, 4) is 0 Å². The van der Waals surface area contributed by atoms with Gasteiger partial charge < -0.3 is 5.32 Å². The van der Waals surface area contributed by atoms with Crippen LogP contribution in [0.15, 0.2) is 24.3 Å². The molecule has 1 aromatic rings. The van der Waals surface area contributed by atoms with Crippen LogP contribution in [0.2, 0.25) is 0 Å². The summed E-state index contributed by atoms with van der Waals surface area (Å²) in [5.41, 5.74) is 3.07. The van der Waals surface area contributed by atoms with Gasteiger partial charge in [0, 0.05) is 18.6 Å². The Hall–Kier alpha value is -0.860. The zero-order chi connectivity index (χ0) is 12.4. The standard InChI is InChI=1S/C16H24N2/c1-2-11-18(14-7-8-14)16-9-10-17-12-13-5-3-4-6-15(13)16/h3-6,14,16-17H,2,7-12H2,1H3. The third-order valence-electron chi connectivity index (χ3n) is 4.22. The number of fused-ring (bicyclic) bond motifs is 1. The van der Waals surface area contributed by atoms with Crippen LogP contribution >= 0.6 is 0 Å². The molecule has 1 aromatic carbocycles. The summed E-state index contributed by atoms with van der Waals surface area (Å²) >= 11 is 0. The van der Waals surface area contributed by atoms with Gasteiger partial charge in [0.1, 0.15) is 0 Å². The second-order valence-corrected chi connectivity index (χ2v) is 5.65. The van der Waals surface area contributed by atoms with Crippen LogP contribution in [-0.2, 0) is 6.54 Å². The van der Waals surface area contributed by atoms with Crippen molar-refractivity contribution in [2.24, 2.45) is 0 Å². The maximum Gasteiger partial charge on any atom is 0.0366 e. The first-order valence-corrected chi connectivity index (χ1v) is 7.44. The van der Waals surface area contributed by atoms with Gasteiger partial charge in [-0.1, -0.05) is 31.2 Å². The number of hydrogen-bond donors (Lipinski definition) is 1. The first kappa shape index (κ1) is 12.2. The summed E-state index contributed by atoms with van der Waals surface area (Å²) in [6.45, 7) is 5.74. The molecule has 2 heteroatoms. The van der Waals surface area contributed by atoms with E-state index in [4.69, 9.17) is 0 Å². The summed E-state index contributed by atoms with van der Waals surface area (Å²) in [6, 6.07) is 10.5. The van der Waals surface area contributed by atoms with Gasteiger partial charge in [-0.25, -0.2) is 0 Å². The molecule has 1 aliphatic heterocycles. The molecule has 3 rings (SSSR count). The average Bonchev–Trinajstić information content (AvgIpc) is 3.23. The summed E-state index contributed by atoms with van der Waals surface area (Å²) in [5.74, 6) is 0. The molecule has 0 bridgehead atoms. The lowest BCUT2D eigenvalue weighted by Crippen LogP contribution is -2.32. The van der Waals surface area contributed by atoms with Gasteiger partial charge >= 0.3 is 0 Å². The third kappa shape index (κ3) is 2.45. The van der Waals surface area contributed by atoms with Crippen LogP contribution in [0.1, 0.15) is 49.8 Å². The maximum absolute atomic E-state index is 3.56. The van der Waals surface area contributed by atoms with E-state index in [0.717, 1.165) is 19.1 Å². The summed E-state index contributed by atoms with van der Waals surface area (Å²) in [4.78, 5) is 2.77. The van der Waals surface area contributed by atoms with E-state index in [1.54, 1.807) is 5.56 Å². The molecule has 1 fully saturated rings. The van der Waals surface area contributed by atoms with E-state index < -0.39 is 0 Å². The van der Waals surface area contributed by atoms with Crippen LogP contribution in [0.5, 0.6) is 0 Å². The second-order valence-electron chi connectivity index (χ2n) is 5.65. The first-order valence-electron chi connectivity index (χ1n) is 7.44. The van der Waals surface area contributed by atoms with E-state index in [1.165, 1.54) is 37.8 Å². The predicted molar refractivity (Wildman–Crippen MR) is 75.5 cm³/mol. The highest BCUT2D eigenvalue weighted by Crippen LogP contribution is 2.37. The molecule has 1 heterocycles. The van der Waals surface area contributed by atoms with Gasteiger partial charge in [0.25, 0.3) is 0 Å². The van der Waals surface area contributed by atoms with Gasteiger partial charge in [-0.05, 0) is 49.9 Å². The fourth-order valence-corrected chi connectivity index (χ4v) is 3.24. The largest absolute Gasteiger partial charge is 0.313 e. The lowest BCUT2D eigenvalue weighted by Gasteiger charge is -2.32. The highest BCUT2D eigenvalue weighted by atomic mass is 15.2. The van der Waals surface area contributed by atoms with E-state index in [2.05, 4.69) is 41.4 Å². The minimum Gasteiger partial charge on any atom is -0.313 e. The van der Waals surface area contributed by atoms with Gasteiger partial charge in [-0.3, -0.25) is 4.90 Å². The summed E-state index contributed by atoms with van der Waals surface area (Å²) in [7, 11) is 0. The van der Waals surface area contributed by atoms with Crippen LogP contribution < -0.4 is 5.32 Å². The molecule has 18 heavy (non-hydrogen) atoms. The number of nitrogens with one attached hydrogen (secondary N) is 1. The first-order chi connectivity index (χ1) is 8.90. The van der Waals surface area contributed by atoms with Crippen LogP contribution in [0, 0.1) is 0 Å². The van der Waals surface area contributed by atoms with Crippen LogP contribution in [0.25, 0.3) is 0 Å². The molecule has 1 atom stereocenters. The van der Waals surface area contributed by atoms with Gasteiger partial charge in [-0.2, -0.15) is 0 Å². The Balaban J connectivity index is 1.89. The smallest absolute Gasteiger partial charge is 0.0366 e. The normalized spacial score (nSPS) is 23.8. The molecule has 0 spiro atoms. The highest BCUT2D eigenvalue weighted by molar-refractivity contribution is 5.31. The molecule has 0 saturated heterocycles. The van der Waals surface area contributed by atoms with E-state index in [-0.39, 0.29) is 0 Å². The Labute approximate surface area is 110 Å². The van der Waals surface area contributed by atoms with Gasteiger partial charge in [0.2, 0.25) is 0 Å². The Kier molecular flexibility index (Phi) is 3.67. The van der Waals surface area contributed by atoms with Crippen molar-refractivity contribution < 1.29 is 0 Å². The van der Waals surface area contributed by atoms with Crippen molar-refractivity contribution in [3.63, 3.8) is 0 Å². The van der Waals surface area contributed by atoms with Crippen molar-refractivity contribution in [2.45, 2.75) is 51.2 Å². The van der Waals surface area contributed by atoms with Crippen molar-refractivity contribution in [1.29, 1.82) is 0 Å². The number of nitrogens with zero attached hydrogens (tertiary/aromatic N) is 1. The van der Waals surface area contributed by atoms with Crippen molar-refractivity contribution >= 4 is 0 Å². The third-order valence-corrected chi connectivity index (χ3v) is 4.22. The van der Waals surface area contributed by atoms with Crippen LogP contribution in [-0.4, -0.2) is 24.0 Å². The Morgan fingerprint density at radius 2 is 2.06 bits per heavy atom. The SMILES string of the molecule is CCCN(C1CC1)C1CCNCc2ccccc21. The zero-order valence-corrected chi connectivity index (χ0v) is 11.4. The van der Waals surface area contributed by atoms with Gasteiger partial charge in [-0.15, -0.1) is 0 Å². The van der Waals surface area contributed by atoms with Crippen molar-refractivity contribution in [3.05, 3.63) is 35.4 Å². The predicted octanol–water partition coefficient (Wildman–Crippen LogP) is 3.10. The van der Waals surface area contributed by atoms with E-state index in [0.29, 0.717) is 6.04 Å². The average molecular weight is 244 g/mol. The topological polar surface area (TPSA) is 15.3 Å². The van der Waals surface area contributed by atoms with Crippen molar-refractivity contribution in [2.75, 3.05) is 13.1 Å². The second kappa shape index (κ2) is 5.41. The minimum absolute atomic E-state index is 0.642. The molecule has 1 saturated carbocycles. The zero-order valence-electron chi connectivity index (χ0n) is 11.4. The fraction of sp³-hybridized carbons (Fsp3) is 0.625. The molecule has 0 amide bonds. The molecular weight excluding hydrogens is 220 g/mol. The van der Waals surface area contributed by atoms with Gasteiger partial charge in [0.15, 0.2) is 0 Å². The number of rotatable bonds is 4. The summed E-state index contributed by atoms with van der Waals surface area (Å²) in [6.07, 6.45) is 5.34. The molecule has 0 aromatic heterocycles. The molecule has 0 radical (unpaired) electrons. The Bertz CT molecular complexity index is 398. The maximum atomic E-state index is 3.56. The lowest BCUT2D eigenvalue weighted by molar-refractivity contribution is 0.179. The molecule has 98 valence electrons. The van der Waals surface area contributed by atoms with E-state index in [1.807, 2.05) is 0 Å². The number of hydrogen-bond acceptors (Lipinski definition) is 2. The minimum atomic E-state index is 0.642. The summed E-state index contributed by atoms with van der Waals surface area (Å²) in [5, 5.41) is 3.56. The van der Waals surface area contributed by atoms with E-state index in [9.17, 15) is 0 Å². The summed E-state index contributed by atoms with van der Waals surface area (Å²) < 4.78 is 0. The quantitative estimate of drug-likeness (QED) is 0.875.